The van der Waals surface area contributed by atoms with Crippen LogP contribution in [0.15, 0.2) is 47.9 Å². The Morgan fingerprint density at radius 3 is 2.84 bits per heavy atom. The van der Waals surface area contributed by atoms with Crippen molar-refractivity contribution in [3.8, 4) is 11.3 Å². The summed E-state index contributed by atoms with van der Waals surface area (Å²) in [6.45, 7) is 1.99. The van der Waals surface area contributed by atoms with Crippen LogP contribution in [-0.2, 0) is 24.9 Å². The summed E-state index contributed by atoms with van der Waals surface area (Å²) in [4.78, 5) is 32.1. The average Bonchev–Trinajstić information content (AvgIpc) is 3.02. The van der Waals surface area contributed by atoms with Crippen molar-refractivity contribution < 1.29 is 4.79 Å². The van der Waals surface area contributed by atoms with Crippen LogP contribution in [0.25, 0.3) is 11.3 Å². The van der Waals surface area contributed by atoms with Gasteiger partial charge in [0.05, 0.1) is 12.0 Å². The molecule has 0 atom stereocenters. The molecule has 0 aliphatic carbocycles. The van der Waals surface area contributed by atoms with E-state index in [1.165, 1.54) is 17.0 Å². The third-order valence-electron chi connectivity index (χ3n) is 3.73. The molecule has 0 radical (unpaired) electrons. The minimum atomic E-state index is -0.265. The van der Waals surface area contributed by atoms with Crippen LogP contribution in [-0.4, -0.2) is 30.2 Å². The van der Waals surface area contributed by atoms with Crippen molar-refractivity contribution in [2.75, 3.05) is 0 Å². The van der Waals surface area contributed by atoms with E-state index in [0.29, 0.717) is 12.2 Å². The first-order valence-corrected chi connectivity index (χ1v) is 7.75. The number of hydrogen-bond acceptors (Lipinski definition) is 5. The Kier molecular flexibility index (Phi) is 4.69. The lowest BCUT2D eigenvalue weighted by atomic mass is 10.1. The molecule has 0 bridgehead atoms. The van der Waals surface area contributed by atoms with Gasteiger partial charge in [-0.1, -0.05) is 0 Å². The van der Waals surface area contributed by atoms with Gasteiger partial charge in [-0.05, 0) is 24.6 Å². The number of amides is 1. The second kappa shape index (κ2) is 7.08. The minimum absolute atomic E-state index is 0.0685. The van der Waals surface area contributed by atoms with E-state index in [1.807, 2.05) is 19.2 Å². The molecule has 3 aromatic heterocycles. The van der Waals surface area contributed by atoms with E-state index in [1.54, 1.807) is 30.2 Å². The molecule has 0 aliphatic rings. The SMILES string of the molecule is Cc1cc(=O)n(CC(=O)NCc2cncc(-c3ccnn3C)c2)cn1. The largest absolute Gasteiger partial charge is 0.350 e. The number of aromatic nitrogens is 5. The zero-order chi connectivity index (χ0) is 17.8. The molecule has 0 aromatic carbocycles. The highest BCUT2D eigenvalue weighted by molar-refractivity contribution is 5.75. The van der Waals surface area contributed by atoms with Crippen LogP contribution in [0.4, 0.5) is 0 Å². The van der Waals surface area contributed by atoms with Crippen molar-refractivity contribution >= 4 is 5.91 Å². The van der Waals surface area contributed by atoms with Crippen molar-refractivity contribution in [3.63, 3.8) is 0 Å². The lowest BCUT2D eigenvalue weighted by Gasteiger charge is -2.08. The van der Waals surface area contributed by atoms with Gasteiger partial charge in [-0.3, -0.25) is 23.8 Å². The molecule has 3 rings (SSSR count). The quantitative estimate of drug-likeness (QED) is 0.737. The fraction of sp³-hybridized carbons (Fsp3) is 0.235. The third kappa shape index (κ3) is 3.97. The van der Waals surface area contributed by atoms with Crippen LogP contribution in [0, 0.1) is 6.92 Å². The highest BCUT2D eigenvalue weighted by atomic mass is 16.2. The number of rotatable bonds is 5. The molecule has 1 amide bonds. The topological polar surface area (TPSA) is 94.7 Å². The molecular weight excluding hydrogens is 320 g/mol. The lowest BCUT2D eigenvalue weighted by Crippen LogP contribution is -2.32. The predicted molar refractivity (Wildman–Crippen MR) is 91.5 cm³/mol. The maximum atomic E-state index is 12.1. The second-order valence-electron chi connectivity index (χ2n) is 5.70. The van der Waals surface area contributed by atoms with Crippen LogP contribution in [0.5, 0.6) is 0 Å². The van der Waals surface area contributed by atoms with E-state index in [0.717, 1.165) is 16.8 Å². The summed E-state index contributed by atoms with van der Waals surface area (Å²) in [7, 11) is 1.86. The van der Waals surface area contributed by atoms with Crippen molar-refractivity contribution in [3.05, 3.63) is 64.7 Å². The number of carbonyl (C=O) groups excluding carboxylic acids is 1. The molecule has 0 fully saturated rings. The smallest absolute Gasteiger partial charge is 0.253 e. The molecule has 25 heavy (non-hydrogen) atoms. The van der Waals surface area contributed by atoms with E-state index >= 15 is 0 Å². The molecule has 8 heteroatoms. The Labute approximate surface area is 144 Å². The van der Waals surface area contributed by atoms with Gasteiger partial charge in [0.1, 0.15) is 6.54 Å². The summed E-state index contributed by atoms with van der Waals surface area (Å²) in [5, 5.41) is 6.93. The summed E-state index contributed by atoms with van der Waals surface area (Å²) in [5.41, 5.74) is 3.10. The van der Waals surface area contributed by atoms with Crippen LogP contribution in [0.2, 0.25) is 0 Å². The second-order valence-corrected chi connectivity index (χ2v) is 5.70. The molecule has 0 spiro atoms. The van der Waals surface area contributed by atoms with Gasteiger partial charge >= 0.3 is 0 Å². The maximum Gasteiger partial charge on any atom is 0.253 e. The van der Waals surface area contributed by atoms with Crippen molar-refractivity contribution in [2.24, 2.45) is 7.05 Å². The summed E-state index contributed by atoms with van der Waals surface area (Å²) < 4.78 is 3.03. The molecule has 3 aromatic rings. The van der Waals surface area contributed by atoms with Gasteiger partial charge in [0.2, 0.25) is 5.91 Å². The van der Waals surface area contributed by atoms with Crippen LogP contribution in [0.1, 0.15) is 11.3 Å². The van der Waals surface area contributed by atoms with Gasteiger partial charge in [-0.2, -0.15) is 5.10 Å². The Bertz CT molecular complexity index is 960. The van der Waals surface area contributed by atoms with Crippen LogP contribution >= 0.6 is 0 Å². The van der Waals surface area contributed by atoms with Gasteiger partial charge in [0, 0.05) is 49.5 Å². The molecule has 128 valence electrons. The van der Waals surface area contributed by atoms with Gasteiger partial charge < -0.3 is 5.32 Å². The molecular formula is C17H18N6O2. The number of nitrogens with zero attached hydrogens (tertiary/aromatic N) is 5. The molecule has 1 N–H and O–H groups in total. The Morgan fingerprint density at radius 1 is 1.28 bits per heavy atom. The highest BCUT2D eigenvalue weighted by Gasteiger charge is 2.07. The first-order chi connectivity index (χ1) is 12.0. The first-order valence-electron chi connectivity index (χ1n) is 7.75. The van der Waals surface area contributed by atoms with E-state index < -0.39 is 0 Å². The number of pyridine rings is 1. The lowest BCUT2D eigenvalue weighted by molar-refractivity contribution is -0.121. The number of aryl methyl sites for hydroxylation is 2. The minimum Gasteiger partial charge on any atom is -0.350 e. The fourth-order valence-electron chi connectivity index (χ4n) is 2.43. The van der Waals surface area contributed by atoms with Gasteiger partial charge in [0.15, 0.2) is 0 Å². The molecule has 0 unspecified atom stereocenters. The summed E-state index contributed by atoms with van der Waals surface area (Å²) in [6, 6.07) is 5.24. The zero-order valence-corrected chi connectivity index (χ0v) is 14.0. The van der Waals surface area contributed by atoms with Crippen LogP contribution < -0.4 is 10.9 Å². The summed E-state index contributed by atoms with van der Waals surface area (Å²) in [6.07, 6.45) is 6.54. The number of hydrogen-bond donors (Lipinski definition) is 1. The first kappa shape index (κ1) is 16.6. The normalized spacial score (nSPS) is 10.6. The Balaban J connectivity index is 1.64. The monoisotopic (exact) mass is 338 g/mol. The molecule has 0 aliphatic heterocycles. The average molecular weight is 338 g/mol. The number of nitrogens with one attached hydrogen (secondary N) is 1. The molecule has 0 saturated carbocycles. The van der Waals surface area contributed by atoms with Crippen molar-refractivity contribution in [1.82, 2.24) is 29.6 Å². The van der Waals surface area contributed by atoms with E-state index in [4.69, 9.17) is 0 Å². The molecule has 8 nitrogen and oxygen atoms in total. The molecule has 0 saturated heterocycles. The Morgan fingerprint density at radius 2 is 2.12 bits per heavy atom. The standard InChI is InChI=1S/C17H18N6O2/c1-12-5-17(25)23(11-20-12)10-16(24)19-8-13-6-14(9-18-7-13)15-3-4-21-22(15)2/h3-7,9,11H,8,10H2,1-2H3,(H,19,24). The zero-order valence-electron chi connectivity index (χ0n) is 14.0. The summed E-state index contributed by atoms with van der Waals surface area (Å²) >= 11 is 0. The van der Waals surface area contributed by atoms with Gasteiger partial charge in [0.25, 0.3) is 5.56 Å². The van der Waals surface area contributed by atoms with Crippen molar-refractivity contribution in [1.29, 1.82) is 0 Å². The van der Waals surface area contributed by atoms with Gasteiger partial charge in [-0.25, -0.2) is 4.98 Å². The number of carbonyl (C=O) groups is 1. The molecule has 3 heterocycles. The van der Waals surface area contributed by atoms with E-state index in [-0.39, 0.29) is 18.0 Å². The fourth-order valence-corrected chi connectivity index (χ4v) is 2.43. The third-order valence-corrected chi connectivity index (χ3v) is 3.73. The highest BCUT2D eigenvalue weighted by Crippen LogP contribution is 2.17. The van der Waals surface area contributed by atoms with E-state index in [9.17, 15) is 9.59 Å². The van der Waals surface area contributed by atoms with Crippen molar-refractivity contribution in [2.45, 2.75) is 20.0 Å². The van der Waals surface area contributed by atoms with Crippen LogP contribution in [0.3, 0.4) is 0 Å². The predicted octanol–water partition coefficient (Wildman–Crippen LogP) is 0.664. The Hall–Kier alpha value is -3.29. The van der Waals surface area contributed by atoms with E-state index in [2.05, 4.69) is 20.4 Å². The van der Waals surface area contributed by atoms with Gasteiger partial charge in [-0.15, -0.1) is 0 Å². The maximum absolute atomic E-state index is 12.1. The summed E-state index contributed by atoms with van der Waals surface area (Å²) in [5.74, 6) is -0.265.